The second-order valence-electron chi connectivity index (χ2n) is 6.06. The molecule has 0 atom stereocenters. The highest BCUT2D eigenvalue weighted by molar-refractivity contribution is 7.99. The molecule has 0 saturated heterocycles. The first-order valence-corrected chi connectivity index (χ1v) is 9.19. The number of carbonyl (C=O) groups is 1. The van der Waals surface area contributed by atoms with Gasteiger partial charge >= 0.3 is 0 Å². The van der Waals surface area contributed by atoms with Crippen LogP contribution in [-0.2, 0) is 4.79 Å². The van der Waals surface area contributed by atoms with E-state index in [4.69, 9.17) is 0 Å². The van der Waals surface area contributed by atoms with Crippen molar-refractivity contribution in [3.05, 3.63) is 78.9 Å². The summed E-state index contributed by atoms with van der Waals surface area (Å²) in [6, 6.07) is 18.0. The van der Waals surface area contributed by atoms with Crippen LogP contribution in [-0.4, -0.2) is 15.3 Å². The molecule has 2 heterocycles. The van der Waals surface area contributed by atoms with Gasteiger partial charge in [0.2, 0.25) is 5.91 Å². The number of nitrogens with zero attached hydrogens (tertiary/aromatic N) is 2. The number of rotatable bonds is 4. The van der Waals surface area contributed by atoms with Gasteiger partial charge in [0.1, 0.15) is 16.5 Å². The number of hydrogen-bond donors (Lipinski definition) is 1. The normalized spacial score (nSPS) is 10.9. The minimum Gasteiger partial charge on any atom is -0.326 e. The Balaban J connectivity index is 1.63. The smallest absolute Gasteiger partial charge is 0.221 e. The van der Waals surface area contributed by atoms with Gasteiger partial charge in [-0.15, -0.1) is 0 Å². The van der Waals surface area contributed by atoms with Crippen molar-refractivity contribution in [2.24, 2.45) is 0 Å². The van der Waals surface area contributed by atoms with Gasteiger partial charge in [0.15, 0.2) is 0 Å². The number of anilines is 1. The highest BCUT2D eigenvalue weighted by Gasteiger charge is 2.08. The number of fused-ring (bicyclic) bond motifs is 1. The molecule has 0 radical (unpaired) electrons. The summed E-state index contributed by atoms with van der Waals surface area (Å²) in [5.74, 6) is -0.341. The molecule has 4 rings (SSSR count). The zero-order chi connectivity index (χ0) is 18.8. The van der Waals surface area contributed by atoms with Gasteiger partial charge in [-0.1, -0.05) is 23.9 Å². The van der Waals surface area contributed by atoms with E-state index in [0.29, 0.717) is 0 Å². The molecule has 134 valence electrons. The van der Waals surface area contributed by atoms with Crippen LogP contribution in [0.1, 0.15) is 6.92 Å². The van der Waals surface area contributed by atoms with Crippen LogP contribution in [0.25, 0.3) is 16.8 Å². The third-order valence-corrected chi connectivity index (χ3v) is 5.07. The van der Waals surface area contributed by atoms with Gasteiger partial charge in [0.05, 0.1) is 6.20 Å². The van der Waals surface area contributed by atoms with Crippen molar-refractivity contribution in [3.8, 4) is 11.1 Å². The van der Waals surface area contributed by atoms with E-state index in [0.717, 1.165) is 32.4 Å². The fraction of sp³-hybridized carbons (Fsp3) is 0.0476. The lowest BCUT2D eigenvalue weighted by atomic mass is 10.1. The third kappa shape index (κ3) is 3.85. The van der Waals surface area contributed by atoms with Gasteiger partial charge in [-0.2, -0.15) is 0 Å². The van der Waals surface area contributed by atoms with Gasteiger partial charge in [-0.3, -0.25) is 9.20 Å². The molecule has 0 spiro atoms. The van der Waals surface area contributed by atoms with Crippen LogP contribution in [0.15, 0.2) is 83.0 Å². The number of pyridine rings is 1. The minimum atomic E-state index is -0.249. The first-order valence-electron chi connectivity index (χ1n) is 8.37. The predicted molar refractivity (Wildman–Crippen MR) is 105 cm³/mol. The summed E-state index contributed by atoms with van der Waals surface area (Å²) in [5, 5.41) is 3.73. The van der Waals surface area contributed by atoms with Gasteiger partial charge < -0.3 is 5.32 Å². The molecule has 1 amide bonds. The van der Waals surface area contributed by atoms with E-state index in [2.05, 4.69) is 10.3 Å². The lowest BCUT2D eigenvalue weighted by Gasteiger charge is -2.07. The topological polar surface area (TPSA) is 46.4 Å². The second kappa shape index (κ2) is 7.25. The molecule has 0 aliphatic carbocycles. The Labute approximate surface area is 160 Å². The van der Waals surface area contributed by atoms with Crippen molar-refractivity contribution >= 4 is 29.0 Å². The number of hydrogen-bond acceptors (Lipinski definition) is 3. The maximum atomic E-state index is 13.2. The molecular weight excluding hydrogens is 361 g/mol. The van der Waals surface area contributed by atoms with E-state index in [1.165, 1.54) is 19.1 Å². The molecule has 0 unspecified atom stereocenters. The molecule has 6 heteroatoms. The van der Waals surface area contributed by atoms with Crippen molar-refractivity contribution in [1.29, 1.82) is 0 Å². The zero-order valence-corrected chi connectivity index (χ0v) is 15.3. The molecule has 0 saturated carbocycles. The van der Waals surface area contributed by atoms with Crippen LogP contribution in [0.4, 0.5) is 10.1 Å². The van der Waals surface area contributed by atoms with Crippen molar-refractivity contribution in [2.75, 3.05) is 5.32 Å². The lowest BCUT2D eigenvalue weighted by Crippen LogP contribution is -2.05. The number of benzene rings is 2. The van der Waals surface area contributed by atoms with Crippen LogP contribution in [0.5, 0.6) is 0 Å². The molecule has 2 aromatic carbocycles. The van der Waals surface area contributed by atoms with Gasteiger partial charge in [0, 0.05) is 23.7 Å². The largest absolute Gasteiger partial charge is 0.326 e. The Hall–Kier alpha value is -3.12. The van der Waals surface area contributed by atoms with Gasteiger partial charge in [0.25, 0.3) is 0 Å². The molecule has 0 aliphatic rings. The number of aromatic nitrogens is 2. The molecule has 2 aromatic heterocycles. The minimum absolute atomic E-state index is 0.0921. The highest BCUT2D eigenvalue weighted by Crippen LogP contribution is 2.30. The molecule has 0 fully saturated rings. The Bertz CT molecular complexity index is 1100. The fourth-order valence-corrected chi connectivity index (χ4v) is 3.64. The highest BCUT2D eigenvalue weighted by atomic mass is 32.2. The van der Waals surface area contributed by atoms with Crippen LogP contribution in [0.3, 0.4) is 0 Å². The molecule has 0 aliphatic heterocycles. The molecule has 1 N–H and O–H groups in total. The summed E-state index contributed by atoms with van der Waals surface area (Å²) in [5.41, 5.74) is 3.55. The SMILES string of the molecule is CC(=O)Nc1ccc(Sc2cnc3ccc(-c4ccc(F)cc4)cn23)cc1. The average molecular weight is 377 g/mol. The number of imidazole rings is 1. The Morgan fingerprint density at radius 2 is 1.70 bits per heavy atom. The van der Waals surface area contributed by atoms with Crippen LogP contribution >= 0.6 is 11.8 Å². The number of carbonyl (C=O) groups excluding carboxylic acids is 1. The predicted octanol–water partition coefficient (Wildman–Crippen LogP) is 5.25. The quantitative estimate of drug-likeness (QED) is 0.528. The first-order chi connectivity index (χ1) is 13.1. The third-order valence-electron chi connectivity index (χ3n) is 4.05. The van der Waals surface area contributed by atoms with Crippen molar-refractivity contribution in [3.63, 3.8) is 0 Å². The van der Waals surface area contributed by atoms with Gasteiger partial charge in [-0.25, -0.2) is 9.37 Å². The van der Waals surface area contributed by atoms with E-state index in [1.54, 1.807) is 23.9 Å². The first kappa shape index (κ1) is 17.3. The molecule has 27 heavy (non-hydrogen) atoms. The summed E-state index contributed by atoms with van der Waals surface area (Å²) in [6.45, 7) is 1.49. The van der Waals surface area contributed by atoms with Crippen molar-refractivity contribution in [1.82, 2.24) is 9.38 Å². The zero-order valence-electron chi connectivity index (χ0n) is 14.5. The molecule has 4 aromatic rings. The lowest BCUT2D eigenvalue weighted by molar-refractivity contribution is -0.114. The fourth-order valence-electron chi connectivity index (χ4n) is 2.78. The monoisotopic (exact) mass is 377 g/mol. The summed E-state index contributed by atoms with van der Waals surface area (Å²) in [6.07, 6.45) is 3.83. The van der Waals surface area contributed by atoms with E-state index in [1.807, 2.05) is 53.2 Å². The average Bonchev–Trinajstić information content (AvgIpc) is 3.06. The summed E-state index contributed by atoms with van der Waals surface area (Å²) in [4.78, 5) is 16.6. The maximum absolute atomic E-state index is 13.2. The van der Waals surface area contributed by atoms with Crippen molar-refractivity contribution in [2.45, 2.75) is 16.8 Å². The standard InChI is InChI=1S/C21H16FN3OS/c1-14(26)24-18-7-9-19(10-8-18)27-21-12-23-20-11-4-16(13-25(20)21)15-2-5-17(22)6-3-15/h2-13H,1H3,(H,24,26). The number of amides is 1. The Kier molecular flexibility index (Phi) is 4.64. The summed E-state index contributed by atoms with van der Waals surface area (Å²) in [7, 11) is 0. The van der Waals surface area contributed by atoms with Crippen LogP contribution < -0.4 is 5.32 Å². The van der Waals surface area contributed by atoms with E-state index in [-0.39, 0.29) is 11.7 Å². The van der Waals surface area contributed by atoms with E-state index < -0.39 is 0 Å². The Morgan fingerprint density at radius 3 is 2.41 bits per heavy atom. The van der Waals surface area contributed by atoms with E-state index in [9.17, 15) is 9.18 Å². The van der Waals surface area contributed by atoms with Crippen molar-refractivity contribution < 1.29 is 9.18 Å². The number of nitrogens with one attached hydrogen (secondary N) is 1. The summed E-state index contributed by atoms with van der Waals surface area (Å²) < 4.78 is 15.2. The number of halogens is 1. The molecular formula is C21H16FN3OS. The van der Waals surface area contributed by atoms with Crippen LogP contribution in [0.2, 0.25) is 0 Å². The van der Waals surface area contributed by atoms with Gasteiger partial charge in [-0.05, 0) is 59.7 Å². The summed E-state index contributed by atoms with van der Waals surface area (Å²) >= 11 is 1.59. The second-order valence-corrected chi connectivity index (χ2v) is 7.15. The maximum Gasteiger partial charge on any atom is 0.221 e. The molecule has 4 nitrogen and oxygen atoms in total. The molecule has 0 bridgehead atoms. The van der Waals surface area contributed by atoms with Crippen LogP contribution in [0, 0.1) is 5.82 Å². The van der Waals surface area contributed by atoms with E-state index >= 15 is 0 Å². The Morgan fingerprint density at radius 1 is 1.00 bits per heavy atom.